The van der Waals surface area contributed by atoms with Crippen LogP contribution in [0.15, 0.2) is 18.2 Å². The van der Waals surface area contributed by atoms with Crippen LogP contribution in [0.4, 0.5) is 10.1 Å². The van der Waals surface area contributed by atoms with Crippen LogP contribution in [0.25, 0.3) is 0 Å². The Kier molecular flexibility index (Phi) is 5.84. The van der Waals surface area contributed by atoms with Crippen molar-refractivity contribution in [3.05, 3.63) is 29.6 Å². The first-order chi connectivity index (χ1) is 9.74. The highest BCUT2D eigenvalue weighted by molar-refractivity contribution is 5.50. The van der Waals surface area contributed by atoms with Gasteiger partial charge in [0.15, 0.2) is 0 Å². The molecule has 112 valence electrons. The lowest BCUT2D eigenvalue weighted by molar-refractivity contribution is 0.528. The number of halogens is 1. The number of rotatable bonds is 7. The SMILES string of the molecule is CCCNCc1ccc(N2CCC(CCC)C2)c(F)c1. The lowest BCUT2D eigenvalue weighted by atomic mass is 10.0. The summed E-state index contributed by atoms with van der Waals surface area (Å²) in [6, 6.07) is 5.69. The summed E-state index contributed by atoms with van der Waals surface area (Å²) >= 11 is 0. The van der Waals surface area contributed by atoms with Crippen LogP contribution in [0.3, 0.4) is 0 Å². The Balaban J connectivity index is 1.96. The first-order valence-electron chi connectivity index (χ1n) is 7.98. The molecule has 1 aromatic carbocycles. The predicted molar refractivity (Wildman–Crippen MR) is 83.6 cm³/mol. The Bertz CT molecular complexity index is 419. The lowest BCUT2D eigenvalue weighted by Crippen LogP contribution is -2.21. The van der Waals surface area contributed by atoms with Gasteiger partial charge >= 0.3 is 0 Å². The highest BCUT2D eigenvalue weighted by atomic mass is 19.1. The van der Waals surface area contributed by atoms with Crippen LogP contribution in [0.2, 0.25) is 0 Å². The monoisotopic (exact) mass is 278 g/mol. The maximum Gasteiger partial charge on any atom is 0.146 e. The molecule has 1 fully saturated rings. The molecule has 1 aliphatic heterocycles. The molecule has 20 heavy (non-hydrogen) atoms. The average Bonchev–Trinajstić information content (AvgIpc) is 2.88. The molecule has 3 heteroatoms. The van der Waals surface area contributed by atoms with Crippen LogP contribution < -0.4 is 10.2 Å². The van der Waals surface area contributed by atoms with Crippen molar-refractivity contribution >= 4 is 5.69 Å². The maximum absolute atomic E-state index is 14.3. The fraction of sp³-hybridized carbons (Fsp3) is 0.647. The van der Waals surface area contributed by atoms with Crippen LogP contribution in [0.1, 0.15) is 45.1 Å². The molecule has 1 N–H and O–H groups in total. The van der Waals surface area contributed by atoms with E-state index in [1.165, 1.54) is 19.3 Å². The third kappa shape index (κ3) is 3.95. The summed E-state index contributed by atoms with van der Waals surface area (Å²) in [5.74, 6) is 0.670. The van der Waals surface area contributed by atoms with Gasteiger partial charge in [-0.25, -0.2) is 4.39 Å². The Labute approximate surface area is 122 Å². The molecule has 0 radical (unpaired) electrons. The Morgan fingerprint density at radius 2 is 2.15 bits per heavy atom. The maximum atomic E-state index is 14.3. The minimum atomic E-state index is -0.0713. The summed E-state index contributed by atoms with van der Waals surface area (Å²) in [7, 11) is 0. The molecule has 2 nitrogen and oxygen atoms in total. The summed E-state index contributed by atoms with van der Waals surface area (Å²) in [5.41, 5.74) is 1.81. The van der Waals surface area contributed by atoms with Crippen LogP contribution >= 0.6 is 0 Å². The quantitative estimate of drug-likeness (QED) is 0.760. The Hall–Kier alpha value is -1.09. The van der Waals surface area contributed by atoms with Crippen molar-refractivity contribution in [1.82, 2.24) is 5.32 Å². The molecule has 0 aliphatic carbocycles. The summed E-state index contributed by atoms with van der Waals surface area (Å²) in [6.07, 6.45) is 4.79. The van der Waals surface area contributed by atoms with E-state index >= 15 is 0 Å². The molecular formula is C17H27FN2. The Morgan fingerprint density at radius 3 is 2.85 bits per heavy atom. The first-order valence-corrected chi connectivity index (χ1v) is 7.98. The van der Waals surface area contributed by atoms with Gasteiger partial charge < -0.3 is 10.2 Å². The van der Waals surface area contributed by atoms with Crippen LogP contribution in [-0.4, -0.2) is 19.6 Å². The van der Waals surface area contributed by atoms with E-state index in [1.54, 1.807) is 6.07 Å². The topological polar surface area (TPSA) is 15.3 Å². The van der Waals surface area contributed by atoms with E-state index in [0.29, 0.717) is 0 Å². The molecule has 1 atom stereocenters. The highest BCUT2D eigenvalue weighted by Crippen LogP contribution is 2.28. The van der Waals surface area contributed by atoms with Crippen molar-refractivity contribution in [3.63, 3.8) is 0 Å². The third-order valence-electron chi connectivity index (χ3n) is 4.09. The first kappa shape index (κ1) is 15.3. The molecule has 0 amide bonds. The summed E-state index contributed by atoms with van der Waals surface area (Å²) in [4.78, 5) is 2.21. The van der Waals surface area contributed by atoms with Gasteiger partial charge in [0.25, 0.3) is 0 Å². The van der Waals surface area contributed by atoms with Crippen molar-refractivity contribution in [3.8, 4) is 0 Å². The smallest absolute Gasteiger partial charge is 0.146 e. The lowest BCUT2D eigenvalue weighted by Gasteiger charge is -2.20. The predicted octanol–water partition coefficient (Wildman–Crippen LogP) is 3.95. The van der Waals surface area contributed by atoms with Gasteiger partial charge in [0, 0.05) is 19.6 Å². The van der Waals surface area contributed by atoms with Gasteiger partial charge in [0.1, 0.15) is 5.82 Å². The fourth-order valence-electron chi connectivity index (χ4n) is 3.02. The van der Waals surface area contributed by atoms with Gasteiger partial charge in [0.2, 0.25) is 0 Å². The van der Waals surface area contributed by atoms with Crippen molar-refractivity contribution in [2.24, 2.45) is 5.92 Å². The Morgan fingerprint density at radius 1 is 1.30 bits per heavy atom. The summed E-state index contributed by atoms with van der Waals surface area (Å²) in [6.45, 7) is 8.10. The normalized spacial score (nSPS) is 18.8. The molecule has 0 aromatic heterocycles. The van der Waals surface area contributed by atoms with Crippen LogP contribution in [-0.2, 0) is 6.54 Å². The van der Waals surface area contributed by atoms with E-state index in [9.17, 15) is 4.39 Å². The second-order valence-corrected chi connectivity index (χ2v) is 5.85. The van der Waals surface area contributed by atoms with Gasteiger partial charge in [-0.15, -0.1) is 0 Å². The molecule has 1 unspecified atom stereocenters. The third-order valence-corrected chi connectivity index (χ3v) is 4.09. The van der Waals surface area contributed by atoms with Gasteiger partial charge in [-0.2, -0.15) is 0 Å². The van der Waals surface area contributed by atoms with Crippen molar-refractivity contribution in [1.29, 1.82) is 0 Å². The molecule has 0 spiro atoms. The van der Waals surface area contributed by atoms with Gasteiger partial charge in [0.05, 0.1) is 5.69 Å². The second kappa shape index (κ2) is 7.63. The second-order valence-electron chi connectivity index (χ2n) is 5.85. The van der Waals surface area contributed by atoms with E-state index in [4.69, 9.17) is 0 Å². The molecular weight excluding hydrogens is 251 g/mol. The van der Waals surface area contributed by atoms with E-state index in [2.05, 4.69) is 24.1 Å². The fourth-order valence-corrected chi connectivity index (χ4v) is 3.02. The number of anilines is 1. The van der Waals surface area contributed by atoms with Crippen LogP contribution in [0, 0.1) is 11.7 Å². The number of nitrogens with zero attached hydrogens (tertiary/aromatic N) is 1. The summed E-state index contributed by atoms with van der Waals surface area (Å²) in [5, 5.41) is 3.31. The molecule has 1 saturated heterocycles. The number of hydrogen-bond donors (Lipinski definition) is 1. The standard InChI is InChI=1S/C17H27FN2/c1-3-5-14-8-10-20(13-14)17-7-6-15(11-16(17)18)12-19-9-4-2/h6-7,11,14,19H,3-5,8-10,12-13H2,1-2H3. The van der Waals surface area contributed by atoms with E-state index in [1.807, 2.05) is 12.1 Å². The molecule has 1 heterocycles. The number of hydrogen-bond acceptors (Lipinski definition) is 2. The minimum Gasteiger partial charge on any atom is -0.369 e. The molecule has 2 rings (SSSR count). The van der Waals surface area contributed by atoms with Crippen molar-refractivity contribution in [2.45, 2.75) is 46.1 Å². The largest absolute Gasteiger partial charge is 0.369 e. The zero-order chi connectivity index (χ0) is 14.4. The van der Waals surface area contributed by atoms with E-state index < -0.39 is 0 Å². The molecule has 1 aliphatic rings. The van der Waals surface area contributed by atoms with Crippen molar-refractivity contribution in [2.75, 3.05) is 24.5 Å². The average molecular weight is 278 g/mol. The van der Waals surface area contributed by atoms with Crippen LogP contribution in [0.5, 0.6) is 0 Å². The van der Waals surface area contributed by atoms with Gasteiger partial charge in [-0.3, -0.25) is 0 Å². The summed E-state index contributed by atoms with van der Waals surface area (Å²) < 4.78 is 14.3. The van der Waals surface area contributed by atoms with Gasteiger partial charge in [-0.1, -0.05) is 26.3 Å². The molecule has 1 aromatic rings. The number of benzene rings is 1. The number of nitrogens with one attached hydrogen (secondary N) is 1. The minimum absolute atomic E-state index is 0.0713. The van der Waals surface area contributed by atoms with Crippen molar-refractivity contribution < 1.29 is 4.39 Å². The highest BCUT2D eigenvalue weighted by Gasteiger charge is 2.23. The van der Waals surface area contributed by atoms with E-state index in [-0.39, 0.29) is 5.82 Å². The zero-order valence-corrected chi connectivity index (χ0v) is 12.8. The molecule has 0 saturated carbocycles. The van der Waals surface area contributed by atoms with E-state index in [0.717, 1.165) is 49.8 Å². The molecule has 0 bridgehead atoms. The zero-order valence-electron chi connectivity index (χ0n) is 12.8. The van der Waals surface area contributed by atoms with Gasteiger partial charge in [-0.05, 0) is 49.4 Å².